The van der Waals surface area contributed by atoms with Crippen LogP contribution in [0.15, 0.2) is 47.8 Å². The highest BCUT2D eigenvalue weighted by molar-refractivity contribution is 5.95. The monoisotopic (exact) mass is 286 g/mol. The van der Waals surface area contributed by atoms with E-state index in [9.17, 15) is 0 Å². The second-order valence-corrected chi connectivity index (χ2v) is 4.45. The summed E-state index contributed by atoms with van der Waals surface area (Å²) in [7, 11) is 1.66. The molecule has 0 saturated heterocycles. The molecule has 1 aromatic heterocycles. The molecule has 0 unspecified atom stereocenters. The molecule has 0 atom stereocenters. The molecule has 0 saturated carbocycles. The van der Waals surface area contributed by atoms with Crippen LogP contribution in [-0.4, -0.2) is 23.1 Å². The number of oxime groups is 1. The molecule has 0 aliphatic rings. The van der Waals surface area contributed by atoms with Crippen molar-refractivity contribution in [1.29, 1.82) is 0 Å². The molecular weight excluding hydrogens is 268 g/mol. The second-order valence-electron chi connectivity index (χ2n) is 4.45. The van der Waals surface area contributed by atoms with Gasteiger partial charge in [0.15, 0.2) is 5.84 Å². The number of hydrogen-bond acceptors (Lipinski definition) is 5. The molecule has 0 spiro atoms. The molecule has 0 aliphatic carbocycles. The summed E-state index contributed by atoms with van der Waals surface area (Å²) in [5.41, 5.74) is 8.06. The number of rotatable bonds is 6. The van der Waals surface area contributed by atoms with Gasteiger partial charge in [-0.3, -0.25) is 4.98 Å². The number of hydrogen-bond donors (Lipinski definition) is 3. The second kappa shape index (κ2) is 7.25. The summed E-state index contributed by atoms with van der Waals surface area (Å²) in [5.74, 6) is 0.860. The minimum atomic E-state index is 0.00146. The van der Waals surface area contributed by atoms with Crippen LogP contribution in [0.5, 0.6) is 5.75 Å². The largest absolute Gasteiger partial charge is 0.496 e. The normalized spacial score (nSPS) is 11.4. The Morgan fingerprint density at radius 1 is 1.33 bits per heavy atom. The maximum atomic E-state index is 8.65. The zero-order valence-electron chi connectivity index (χ0n) is 11.8. The van der Waals surface area contributed by atoms with Gasteiger partial charge in [0, 0.05) is 24.8 Å². The maximum Gasteiger partial charge on any atom is 0.188 e. The summed E-state index contributed by atoms with van der Waals surface area (Å²) in [6.45, 7) is 1.33. The molecule has 21 heavy (non-hydrogen) atoms. The zero-order valence-corrected chi connectivity index (χ0v) is 11.8. The van der Waals surface area contributed by atoms with E-state index in [0.717, 1.165) is 16.9 Å². The highest BCUT2D eigenvalue weighted by Crippen LogP contribution is 2.16. The van der Waals surface area contributed by atoms with Crippen molar-refractivity contribution >= 4 is 5.84 Å². The van der Waals surface area contributed by atoms with Gasteiger partial charge in [-0.05, 0) is 23.8 Å². The van der Waals surface area contributed by atoms with Gasteiger partial charge in [0.2, 0.25) is 0 Å². The number of ether oxygens (including phenoxy) is 1. The molecule has 1 aromatic carbocycles. The number of nitrogens with two attached hydrogens (primary N) is 1. The molecule has 0 bridgehead atoms. The Morgan fingerprint density at radius 2 is 2.14 bits per heavy atom. The molecule has 6 heteroatoms. The van der Waals surface area contributed by atoms with E-state index >= 15 is 0 Å². The lowest BCUT2D eigenvalue weighted by molar-refractivity contribution is 0.318. The van der Waals surface area contributed by atoms with Crippen LogP contribution < -0.4 is 15.8 Å². The van der Waals surface area contributed by atoms with Crippen molar-refractivity contribution in [2.75, 3.05) is 7.11 Å². The highest BCUT2D eigenvalue weighted by atomic mass is 16.5. The molecule has 0 radical (unpaired) electrons. The number of benzene rings is 1. The minimum Gasteiger partial charge on any atom is -0.496 e. The first-order chi connectivity index (χ1) is 10.2. The first-order valence-corrected chi connectivity index (χ1v) is 6.50. The van der Waals surface area contributed by atoms with E-state index in [2.05, 4.69) is 15.5 Å². The van der Waals surface area contributed by atoms with Gasteiger partial charge in [0.1, 0.15) is 11.4 Å². The van der Waals surface area contributed by atoms with E-state index in [4.69, 9.17) is 15.7 Å². The van der Waals surface area contributed by atoms with Crippen LogP contribution in [0, 0.1) is 0 Å². The Kier molecular flexibility index (Phi) is 5.11. The lowest BCUT2D eigenvalue weighted by atomic mass is 10.2. The Labute approximate surface area is 123 Å². The highest BCUT2D eigenvalue weighted by Gasteiger charge is 2.04. The molecule has 0 amide bonds. The molecule has 1 heterocycles. The average molecular weight is 286 g/mol. The molecule has 0 fully saturated rings. The van der Waals surface area contributed by atoms with E-state index in [1.807, 2.05) is 30.3 Å². The maximum absolute atomic E-state index is 8.65. The quantitative estimate of drug-likeness (QED) is 0.324. The van der Waals surface area contributed by atoms with Crippen molar-refractivity contribution in [2.24, 2.45) is 10.9 Å². The number of para-hydroxylation sites is 1. The topological polar surface area (TPSA) is 92.8 Å². The molecule has 2 rings (SSSR count). The Morgan fingerprint density at radius 3 is 2.90 bits per heavy atom. The third-order valence-electron chi connectivity index (χ3n) is 3.03. The summed E-state index contributed by atoms with van der Waals surface area (Å²) >= 11 is 0. The third-order valence-corrected chi connectivity index (χ3v) is 3.03. The Bertz CT molecular complexity index is 629. The fraction of sp³-hybridized carbons (Fsp3) is 0.200. The van der Waals surface area contributed by atoms with Crippen molar-refractivity contribution in [3.63, 3.8) is 0 Å². The van der Waals surface area contributed by atoms with Crippen molar-refractivity contribution in [3.05, 3.63) is 59.4 Å². The van der Waals surface area contributed by atoms with Gasteiger partial charge < -0.3 is 21.0 Å². The van der Waals surface area contributed by atoms with Gasteiger partial charge in [-0.1, -0.05) is 23.4 Å². The number of nitrogens with one attached hydrogen (secondary N) is 1. The van der Waals surface area contributed by atoms with Crippen LogP contribution in [0.4, 0.5) is 0 Å². The molecule has 0 aliphatic heterocycles. The minimum absolute atomic E-state index is 0.00146. The Balaban J connectivity index is 1.97. The summed E-state index contributed by atoms with van der Waals surface area (Å²) in [4.78, 5) is 4.04. The van der Waals surface area contributed by atoms with Gasteiger partial charge >= 0.3 is 0 Å². The van der Waals surface area contributed by atoms with Crippen LogP contribution in [-0.2, 0) is 13.1 Å². The number of methoxy groups -OCH3 is 1. The van der Waals surface area contributed by atoms with Crippen LogP contribution in [0.25, 0.3) is 0 Å². The summed E-state index contributed by atoms with van der Waals surface area (Å²) < 4.78 is 5.30. The third kappa shape index (κ3) is 3.93. The molecule has 110 valence electrons. The van der Waals surface area contributed by atoms with Gasteiger partial charge in [-0.25, -0.2) is 0 Å². The van der Waals surface area contributed by atoms with E-state index in [-0.39, 0.29) is 5.84 Å². The van der Waals surface area contributed by atoms with Gasteiger partial charge in [0.25, 0.3) is 0 Å². The molecule has 6 nitrogen and oxygen atoms in total. The van der Waals surface area contributed by atoms with Gasteiger partial charge in [-0.2, -0.15) is 0 Å². The van der Waals surface area contributed by atoms with Crippen molar-refractivity contribution < 1.29 is 9.94 Å². The summed E-state index contributed by atoms with van der Waals surface area (Å²) in [6, 6.07) is 11.5. The van der Waals surface area contributed by atoms with E-state index < -0.39 is 0 Å². The standard InChI is InChI=1S/C15H18N4O2/c1-21-14-5-3-2-4-12(14)10-17-9-11-6-7-18-13(8-11)15(16)19-20/h2-8,17,20H,9-10H2,1H3,(H2,16,19). The molecule has 2 aromatic rings. The smallest absolute Gasteiger partial charge is 0.188 e. The summed E-state index contributed by atoms with van der Waals surface area (Å²) in [6.07, 6.45) is 1.63. The first-order valence-electron chi connectivity index (χ1n) is 6.50. The lowest BCUT2D eigenvalue weighted by Gasteiger charge is -2.09. The number of pyridine rings is 1. The average Bonchev–Trinajstić information content (AvgIpc) is 2.55. The number of nitrogens with zero attached hydrogens (tertiary/aromatic N) is 2. The van der Waals surface area contributed by atoms with Crippen molar-refractivity contribution in [1.82, 2.24) is 10.3 Å². The summed E-state index contributed by atoms with van der Waals surface area (Å²) in [5, 5.41) is 14.9. The van der Waals surface area contributed by atoms with Crippen LogP contribution >= 0.6 is 0 Å². The fourth-order valence-corrected chi connectivity index (χ4v) is 1.97. The van der Waals surface area contributed by atoms with Crippen LogP contribution in [0.3, 0.4) is 0 Å². The van der Waals surface area contributed by atoms with Crippen molar-refractivity contribution in [2.45, 2.75) is 13.1 Å². The first kappa shape index (κ1) is 14.8. The molecular formula is C15H18N4O2. The van der Waals surface area contributed by atoms with Crippen LogP contribution in [0.1, 0.15) is 16.8 Å². The van der Waals surface area contributed by atoms with Gasteiger partial charge in [0.05, 0.1) is 7.11 Å². The zero-order chi connectivity index (χ0) is 15.1. The predicted octanol–water partition coefficient (Wildman–Crippen LogP) is 1.47. The lowest BCUT2D eigenvalue weighted by Crippen LogP contribution is -2.17. The number of aromatic nitrogens is 1. The molecule has 4 N–H and O–H groups in total. The van der Waals surface area contributed by atoms with E-state index in [1.165, 1.54) is 0 Å². The fourth-order valence-electron chi connectivity index (χ4n) is 1.97. The number of amidine groups is 1. The van der Waals surface area contributed by atoms with Gasteiger partial charge in [-0.15, -0.1) is 0 Å². The predicted molar refractivity (Wildman–Crippen MR) is 80.3 cm³/mol. The Hall–Kier alpha value is -2.60. The van der Waals surface area contributed by atoms with E-state index in [1.54, 1.807) is 19.4 Å². The van der Waals surface area contributed by atoms with Crippen LogP contribution in [0.2, 0.25) is 0 Å². The van der Waals surface area contributed by atoms with E-state index in [0.29, 0.717) is 18.8 Å². The van der Waals surface area contributed by atoms with Crippen molar-refractivity contribution in [3.8, 4) is 5.75 Å². The SMILES string of the molecule is COc1ccccc1CNCc1ccnc(C(N)=NO)c1.